The van der Waals surface area contributed by atoms with Gasteiger partial charge in [-0.3, -0.25) is 0 Å². The highest BCUT2D eigenvalue weighted by molar-refractivity contribution is 4.96. The average molecular weight is 449 g/mol. The SMILES string of the molecule is CC1(C)CCC2(CCC(OC3CCCCC3OC3CCC4(CCC(C)(C)CC4)O3)O2)CC1. The summed E-state index contributed by atoms with van der Waals surface area (Å²) in [5.41, 5.74) is 1.12. The molecule has 0 aromatic heterocycles. The Morgan fingerprint density at radius 1 is 0.500 bits per heavy atom. The lowest BCUT2D eigenvalue weighted by Crippen LogP contribution is -2.42. The third kappa shape index (κ3) is 5.24. The molecule has 5 rings (SSSR count). The summed E-state index contributed by atoms with van der Waals surface area (Å²) in [6, 6.07) is 0. The van der Waals surface area contributed by atoms with E-state index in [-0.39, 0.29) is 36.0 Å². The van der Waals surface area contributed by atoms with Gasteiger partial charge in [0.2, 0.25) is 0 Å². The molecule has 5 aliphatic rings. The second kappa shape index (κ2) is 8.81. The van der Waals surface area contributed by atoms with Gasteiger partial charge in [0.15, 0.2) is 12.6 Å². The predicted octanol–water partition coefficient (Wildman–Crippen LogP) is 7.28. The minimum absolute atomic E-state index is 0.0400. The molecule has 0 amide bonds. The Bertz CT molecular complexity index is 580. The zero-order chi connectivity index (χ0) is 22.5. The van der Waals surface area contributed by atoms with E-state index >= 15 is 0 Å². The molecule has 2 heterocycles. The van der Waals surface area contributed by atoms with E-state index in [2.05, 4.69) is 27.7 Å². The van der Waals surface area contributed by atoms with Crippen LogP contribution in [0, 0.1) is 10.8 Å². The Kier molecular flexibility index (Phi) is 6.49. The Balaban J connectivity index is 1.13. The van der Waals surface area contributed by atoms with Crippen LogP contribution in [0.3, 0.4) is 0 Å². The largest absolute Gasteiger partial charge is 0.347 e. The van der Waals surface area contributed by atoms with Gasteiger partial charge in [-0.1, -0.05) is 40.5 Å². The molecule has 0 N–H and O–H groups in total. The summed E-state index contributed by atoms with van der Waals surface area (Å²) in [4.78, 5) is 0. The molecule has 2 spiro atoms. The standard InChI is InChI=1S/C28H48O4/c1-25(2)13-17-27(18-14-25)11-9-23(31-27)29-21-7-5-6-8-22(21)30-24-10-12-28(32-24)19-15-26(3,4)16-20-28/h21-24H,5-20H2,1-4H3. The lowest BCUT2D eigenvalue weighted by atomic mass is 9.70. The van der Waals surface area contributed by atoms with Crippen LogP contribution in [-0.2, 0) is 18.9 Å². The first kappa shape index (κ1) is 23.6. The maximum absolute atomic E-state index is 6.62. The Labute approximate surface area is 196 Å². The first-order chi connectivity index (χ1) is 15.2. The van der Waals surface area contributed by atoms with Crippen LogP contribution in [0.2, 0.25) is 0 Å². The van der Waals surface area contributed by atoms with Crippen LogP contribution in [0.25, 0.3) is 0 Å². The van der Waals surface area contributed by atoms with Gasteiger partial charge in [0.1, 0.15) is 0 Å². The van der Waals surface area contributed by atoms with Gasteiger partial charge < -0.3 is 18.9 Å². The molecule has 0 bridgehead atoms. The van der Waals surface area contributed by atoms with Crippen LogP contribution in [0.1, 0.15) is 130 Å². The topological polar surface area (TPSA) is 36.9 Å². The highest BCUT2D eigenvalue weighted by atomic mass is 16.7. The van der Waals surface area contributed by atoms with E-state index in [0.717, 1.165) is 38.5 Å². The van der Waals surface area contributed by atoms with E-state index in [9.17, 15) is 0 Å². The third-order valence-corrected chi connectivity index (χ3v) is 9.76. The second-order valence-corrected chi connectivity index (χ2v) is 13.5. The molecule has 184 valence electrons. The summed E-state index contributed by atoms with van der Waals surface area (Å²) in [6.45, 7) is 9.60. The van der Waals surface area contributed by atoms with Gasteiger partial charge in [-0.05, 0) is 87.9 Å². The van der Waals surface area contributed by atoms with Crippen LogP contribution in [0.15, 0.2) is 0 Å². The van der Waals surface area contributed by atoms with Crippen molar-refractivity contribution in [2.24, 2.45) is 10.8 Å². The lowest BCUT2D eigenvalue weighted by Gasteiger charge is -2.42. The first-order valence-electron chi connectivity index (χ1n) is 13.8. The number of hydrogen-bond acceptors (Lipinski definition) is 4. The highest BCUT2D eigenvalue weighted by Crippen LogP contribution is 2.50. The van der Waals surface area contributed by atoms with E-state index in [1.165, 1.54) is 64.2 Å². The molecule has 0 radical (unpaired) electrons. The fraction of sp³-hybridized carbons (Fsp3) is 1.00. The number of hydrogen-bond donors (Lipinski definition) is 0. The molecule has 4 nitrogen and oxygen atoms in total. The molecule has 4 heteroatoms. The lowest BCUT2D eigenvalue weighted by molar-refractivity contribution is -0.258. The monoisotopic (exact) mass is 448 g/mol. The summed E-state index contributed by atoms with van der Waals surface area (Å²) in [5.74, 6) is 0. The smallest absolute Gasteiger partial charge is 0.158 e. The van der Waals surface area contributed by atoms with Gasteiger partial charge in [-0.25, -0.2) is 0 Å². The predicted molar refractivity (Wildman–Crippen MR) is 126 cm³/mol. The quantitative estimate of drug-likeness (QED) is 0.453. The van der Waals surface area contributed by atoms with E-state index in [1.807, 2.05) is 0 Å². The maximum atomic E-state index is 6.62. The van der Waals surface area contributed by atoms with Crippen molar-refractivity contribution in [2.45, 2.75) is 166 Å². The average Bonchev–Trinajstić information content (AvgIpc) is 3.34. The van der Waals surface area contributed by atoms with Crippen LogP contribution in [0.4, 0.5) is 0 Å². The normalized spacial score (nSPS) is 40.1. The Morgan fingerprint density at radius 2 is 0.875 bits per heavy atom. The maximum Gasteiger partial charge on any atom is 0.158 e. The van der Waals surface area contributed by atoms with Crippen LogP contribution in [0.5, 0.6) is 0 Å². The molecule has 3 aliphatic carbocycles. The van der Waals surface area contributed by atoms with E-state index < -0.39 is 0 Å². The summed E-state index contributed by atoms with van der Waals surface area (Å²) in [6.07, 6.45) is 19.2. The minimum atomic E-state index is -0.0400. The molecular weight excluding hydrogens is 400 g/mol. The van der Waals surface area contributed by atoms with Crippen molar-refractivity contribution >= 4 is 0 Å². The zero-order valence-electron chi connectivity index (χ0n) is 21.3. The molecule has 0 aromatic carbocycles. The van der Waals surface area contributed by atoms with Gasteiger partial charge in [-0.2, -0.15) is 0 Å². The van der Waals surface area contributed by atoms with E-state index in [0.29, 0.717) is 10.8 Å². The van der Waals surface area contributed by atoms with Crippen molar-refractivity contribution in [1.29, 1.82) is 0 Å². The van der Waals surface area contributed by atoms with Crippen LogP contribution in [-0.4, -0.2) is 36.0 Å². The highest BCUT2D eigenvalue weighted by Gasteiger charge is 2.48. The Hall–Kier alpha value is -0.160. The molecule has 5 fully saturated rings. The van der Waals surface area contributed by atoms with Gasteiger partial charge in [-0.15, -0.1) is 0 Å². The van der Waals surface area contributed by atoms with Gasteiger partial charge >= 0.3 is 0 Å². The van der Waals surface area contributed by atoms with Crippen molar-refractivity contribution < 1.29 is 18.9 Å². The van der Waals surface area contributed by atoms with E-state index in [4.69, 9.17) is 18.9 Å². The fourth-order valence-corrected chi connectivity index (χ4v) is 7.01. The van der Waals surface area contributed by atoms with Crippen LogP contribution >= 0.6 is 0 Å². The summed E-state index contributed by atoms with van der Waals surface area (Å²) in [7, 11) is 0. The van der Waals surface area contributed by atoms with Crippen molar-refractivity contribution in [3.63, 3.8) is 0 Å². The van der Waals surface area contributed by atoms with Gasteiger partial charge in [0.25, 0.3) is 0 Å². The first-order valence-corrected chi connectivity index (χ1v) is 13.8. The Morgan fingerprint density at radius 3 is 1.25 bits per heavy atom. The van der Waals surface area contributed by atoms with Crippen molar-refractivity contribution in [3.8, 4) is 0 Å². The minimum Gasteiger partial charge on any atom is -0.347 e. The second-order valence-electron chi connectivity index (χ2n) is 13.5. The zero-order valence-corrected chi connectivity index (χ0v) is 21.3. The molecule has 4 unspecified atom stereocenters. The fourth-order valence-electron chi connectivity index (χ4n) is 7.01. The summed E-state index contributed by atoms with van der Waals surface area (Å²) in [5, 5.41) is 0. The van der Waals surface area contributed by atoms with Gasteiger partial charge in [0.05, 0.1) is 23.4 Å². The summed E-state index contributed by atoms with van der Waals surface area (Å²) < 4.78 is 26.4. The van der Waals surface area contributed by atoms with Crippen molar-refractivity contribution in [2.75, 3.05) is 0 Å². The third-order valence-electron chi connectivity index (χ3n) is 9.76. The van der Waals surface area contributed by atoms with Crippen molar-refractivity contribution in [1.82, 2.24) is 0 Å². The molecule has 2 saturated heterocycles. The molecule has 3 saturated carbocycles. The molecule has 4 atom stereocenters. The molecule has 2 aliphatic heterocycles. The van der Waals surface area contributed by atoms with E-state index in [1.54, 1.807) is 0 Å². The van der Waals surface area contributed by atoms with Crippen molar-refractivity contribution in [3.05, 3.63) is 0 Å². The number of ether oxygens (including phenoxy) is 4. The molecule has 32 heavy (non-hydrogen) atoms. The van der Waals surface area contributed by atoms with Crippen LogP contribution < -0.4 is 0 Å². The molecule has 0 aromatic rings. The number of rotatable bonds is 4. The van der Waals surface area contributed by atoms with Gasteiger partial charge in [0, 0.05) is 12.8 Å². The summed E-state index contributed by atoms with van der Waals surface area (Å²) >= 11 is 0. The molecular formula is C28H48O4.